The SMILES string of the molecule is CO[C@@H](/C(C)=C/C=C/C(C)=C/c1coc(C)n1)[C@@H](C)[C@H](C[C@H](O)[C@]1(C)OC1/C=C/C(C)C1C[C@@H](C[C@H]2O[C@]2(C)O)CC(=O)O1)OC=O. The van der Waals surface area contributed by atoms with Crippen molar-refractivity contribution in [3.05, 3.63) is 59.4 Å². The molecule has 0 bridgehead atoms. The molecule has 1 aromatic rings. The van der Waals surface area contributed by atoms with Gasteiger partial charge in [0.15, 0.2) is 11.7 Å². The van der Waals surface area contributed by atoms with Gasteiger partial charge < -0.3 is 38.3 Å². The lowest BCUT2D eigenvalue weighted by atomic mass is 9.85. The van der Waals surface area contributed by atoms with Crippen molar-refractivity contribution in [2.24, 2.45) is 17.8 Å². The molecule has 0 saturated carbocycles. The number of hydrogen-bond acceptors (Lipinski definition) is 11. The molecule has 0 aromatic carbocycles. The normalized spacial score (nSPS) is 32.9. The molecule has 11 atom stereocenters. The molecule has 3 aliphatic heterocycles. The van der Waals surface area contributed by atoms with Crippen LogP contribution in [0.4, 0.5) is 0 Å². The van der Waals surface area contributed by atoms with Crippen LogP contribution in [0.15, 0.2) is 52.2 Å². The van der Waals surface area contributed by atoms with Gasteiger partial charge >= 0.3 is 5.97 Å². The van der Waals surface area contributed by atoms with Crippen molar-refractivity contribution in [2.45, 2.75) is 122 Å². The Labute approximate surface area is 277 Å². The van der Waals surface area contributed by atoms with E-state index in [-0.39, 0.29) is 54.6 Å². The highest BCUT2D eigenvalue weighted by molar-refractivity contribution is 5.70. The number of oxazole rings is 1. The van der Waals surface area contributed by atoms with Crippen LogP contribution in [0.5, 0.6) is 0 Å². The number of aromatic nitrogens is 1. The average molecular weight is 658 g/mol. The molecule has 2 N–H and O–H groups in total. The number of methoxy groups -OCH3 is 1. The standard InChI is InChI=1S/C36H51NO10/c1-21(14-27-19-43-25(5)37-27)10-9-11-23(3)34(42-8)24(4)29(44-20-38)18-30(39)35(6)31(46-35)13-12-22(2)28-15-26(17-33(40)45-28)16-32-36(7,41)47-32/h9-14,19-20,22,24,26,28-32,34,39,41H,15-18H2,1-8H3/b10-9+,13-12+,21-14+,23-11+/t22?,24-,26-,28?,29-,30-,31?,32+,34-,35-,36-/m0/s1. The van der Waals surface area contributed by atoms with Gasteiger partial charge in [-0.1, -0.05) is 44.2 Å². The Hall–Kier alpha value is -3.09. The van der Waals surface area contributed by atoms with E-state index >= 15 is 0 Å². The number of aryl methyl sites for hydroxylation is 1. The molecule has 47 heavy (non-hydrogen) atoms. The molecule has 3 unspecified atom stereocenters. The molecule has 0 amide bonds. The van der Waals surface area contributed by atoms with Gasteiger partial charge in [0.1, 0.15) is 42.0 Å². The van der Waals surface area contributed by atoms with E-state index in [1.807, 2.05) is 71.1 Å². The summed E-state index contributed by atoms with van der Waals surface area (Å²) in [4.78, 5) is 28.1. The summed E-state index contributed by atoms with van der Waals surface area (Å²) >= 11 is 0. The van der Waals surface area contributed by atoms with Gasteiger partial charge in [0.2, 0.25) is 0 Å². The van der Waals surface area contributed by atoms with Gasteiger partial charge in [-0.2, -0.15) is 0 Å². The van der Waals surface area contributed by atoms with Gasteiger partial charge in [0.05, 0.1) is 12.2 Å². The van der Waals surface area contributed by atoms with Crippen molar-refractivity contribution in [3.8, 4) is 0 Å². The Morgan fingerprint density at radius 1 is 1.23 bits per heavy atom. The van der Waals surface area contributed by atoms with E-state index in [1.54, 1.807) is 27.2 Å². The Kier molecular flexibility index (Phi) is 12.1. The largest absolute Gasteiger partial charge is 0.464 e. The summed E-state index contributed by atoms with van der Waals surface area (Å²) in [6.45, 7) is 13.5. The topological polar surface area (TPSA) is 153 Å². The summed E-state index contributed by atoms with van der Waals surface area (Å²) < 4.78 is 33.4. The van der Waals surface area contributed by atoms with Crippen LogP contribution in [-0.2, 0) is 33.3 Å². The minimum absolute atomic E-state index is 0.0730. The molecule has 0 spiro atoms. The first-order valence-corrected chi connectivity index (χ1v) is 16.4. The van der Waals surface area contributed by atoms with E-state index in [9.17, 15) is 19.8 Å². The predicted molar refractivity (Wildman–Crippen MR) is 174 cm³/mol. The van der Waals surface area contributed by atoms with E-state index < -0.39 is 23.6 Å². The number of rotatable bonds is 17. The fraction of sp³-hybridized carbons (Fsp3) is 0.639. The minimum Gasteiger partial charge on any atom is -0.464 e. The fourth-order valence-corrected chi connectivity index (χ4v) is 6.48. The van der Waals surface area contributed by atoms with Crippen LogP contribution >= 0.6 is 0 Å². The number of nitrogens with zero attached hydrogens (tertiary/aromatic N) is 1. The van der Waals surface area contributed by atoms with E-state index in [1.165, 1.54) is 0 Å². The highest BCUT2D eigenvalue weighted by atomic mass is 16.7. The van der Waals surface area contributed by atoms with Crippen molar-refractivity contribution >= 4 is 18.5 Å². The third-order valence-electron chi connectivity index (χ3n) is 9.68. The number of carbonyl (C=O) groups excluding carboxylic acids is 2. The van der Waals surface area contributed by atoms with Crippen molar-refractivity contribution < 1.29 is 47.9 Å². The second-order valence-electron chi connectivity index (χ2n) is 13.7. The molecule has 1 aromatic heterocycles. The molecule has 4 heterocycles. The maximum atomic E-state index is 12.3. The van der Waals surface area contributed by atoms with Crippen molar-refractivity contribution in [3.63, 3.8) is 0 Å². The zero-order valence-electron chi connectivity index (χ0n) is 28.8. The molecule has 11 heteroatoms. The van der Waals surface area contributed by atoms with Crippen LogP contribution in [0, 0.1) is 24.7 Å². The van der Waals surface area contributed by atoms with Crippen molar-refractivity contribution in [1.29, 1.82) is 0 Å². The second-order valence-corrected chi connectivity index (χ2v) is 13.7. The number of aliphatic hydroxyl groups excluding tert-OH is 1. The smallest absolute Gasteiger partial charge is 0.306 e. The first-order valence-electron chi connectivity index (χ1n) is 16.4. The van der Waals surface area contributed by atoms with Gasteiger partial charge in [0.25, 0.3) is 6.47 Å². The third-order valence-corrected chi connectivity index (χ3v) is 9.68. The van der Waals surface area contributed by atoms with Crippen LogP contribution < -0.4 is 0 Å². The summed E-state index contributed by atoms with van der Waals surface area (Å²) in [7, 11) is 1.61. The van der Waals surface area contributed by atoms with Crippen LogP contribution in [0.1, 0.15) is 78.8 Å². The molecular formula is C36H51NO10. The maximum absolute atomic E-state index is 12.3. The summed E-state index contributed by atoms with van der Waals surface area (Å²) in [6, 6.07) is 0. The third kappa shape index (κ3) is 9.73. The molecule has 0 aliphatic carbocycles. The molecule has 3 saturated heterocycles. The van der Waals surface area contributed by atoms with E-state index in [4.69, 9.17) is 28.1 Å². The van der Waals surface area contributed by atoms with Gasteiger partial charge in [-0.05, 0) is 63.7 Å². The molecular weight excluding hydrogens is 606 g/mol. The van der Waals surface area contributed by atoms with Gasteiger partial charge in [0, 0.05) is 38.7 Å². The molecule has 4 rings (SSSR count). The van der Waals surface area contributed by atoms with Crippen molar-refractivity contribution in [2.75, 3.05) is 7.11 Å². The monoisotopic (exact) mass is 657 g/mol. The first kappa shape index (κ1) is 36.7. The number of aliphatic hydroxyl groups is 2. The number of ether oxygens (including phenoxy) is 5. The van der Waals surface area contributed by atoms with Gasteiger partial charge in [-0.25, -0.2) is 4.98 Å². The van der Waals surface area contributed by atoms with E-state index in [2.05, 4.69) is 4.98 Å². The van der Waals surface area contributed by atoms with Crippen LogP contribution in [-0.4, -0.2) is 82.8 Å². The quantitative estimate of drug-likeness (QED) is 0.0765. The number of esters is 1. The Morgan fingerprint density at radius 2 is 1.96 bits per heavy atom. The minimum atomic E-state index is -1.10. The predicted octanol–water partition coefficient (Wildman–Crippen LogP) is 5.00. The Morgan fingerprint density at radius 3 is 2.57 bits per heavy atom. The molecule has 3 aliphatic rings. The number of epoxide rings is 2. The van der Waals surface area contributed by atoms with Gasteiger partial charge in [-0.15, -0.1) is 0 Å². The molecule has 0 radical (unpaired) electrons. The first-order chi connectivity index (χ1) is 22.2. The van der Waals surface area contributed by atoms with Crippen LogP contribution in [0.3, 0.4) is 0 Å². The lowest BCUT2D eigenvalue weighted by Gasteiger charge is -2.31. The lowest BCUT2D eigenvalue weighted by Crippen LogP contribution is -2.40. The van der Waals surface area contributed by atoms with E-state index in [0.717, 1.165) is 16.8 Å². The molecule has 3 fully saturated rings. The summed E-state index contributed by atoms with van der Waals surface area (Å²) in [5.41, 5.74) is 1.82. The zero-order chi connectivity index (χ0) is 34.5. The summed E-state index contributed by atoms with van der Waals surface area (Å²) in [5.74, 6) is -0.997. The summed E-state index contributed by atoms with van der Waals surface area (Å²) in [6.07, 6.45) is 12.2. The lowest BCUT2D eigenvalue weighted by molar-refractivity contribution is -0.159. The zero-order valence-corrected chi connectivity index (χ0v) is 28.8. The van der Waals surface area contributed by atoms with Crippen LogP contribution in [0.25, 0.3) is 6.08 Å². The second kappa shape index (κ2) is 15.4. The molecule has 260 valence electrons. The Balaban J connectivity index is 1.31. The van der Waals surface area contributed by atoms with Crippen molar-refractivity contribution in [1.82, 2.24) is 4.98 Å². The Bertz CT molecular complexity index is 1360. The fourth-order valence-electron chi connectivity index (χ4n) is 6.48. The number of carbonyl (C=O) groups is 2. The highest BCUT2D eigenvalue weighted by Crippen LogP contribution is 2.44. The van der Waals surface area contributed by atoms with Crippen LogP contribution in [0.2, 0.25) is 0 Å². The van der Waals surface area contributed by atoms with E-state index in [0.29, 0.717) is 31.6 Å². The highest BCUT2D eigenvalue weighted by Gasteiger charge is 2.57. The van der Waals surface area contributed by atoms with Gasteiger partial charge in [-0.3, -0.25) is 9.59 Å². The number of allylic oxidation sites excluding steroid dienone is 4. The maximum Gasteiger partial charge on any atom is 0.306 e. The number of hydrogen-bond donors (Lipinski definition) is 2. The average Bonchev–Trinajstić information content (AvgIpc) is 3.78. The molecule has 11 nitrogen and oxygen atoms in total. The summed E-state index contributed by atoms with van der Waals surface area (Å²) in [5, 5.41) is 21.2. The number of cyclic esters (lactones) is 1.